The van der Waals surface area contributed by atoms with Crippen molar-refractivity contribution in [2.24, 2.45) is 0 Å². The minimum atomic E-state index is -4.06. The van der Waals surface area contributed by atoms with Crippen LogP contribution in [0.4, 0.5) is 5.69 Å². The highest BCUT2D eigenvalue weighted by Gasteiger charge is 2.33. The van der Waals surface area contributed by atoms with E-state index in [0.717, 1.165) is 21.0 Å². The van der Waals surface area contributed by atoms with E-state index in [1.54, 1.807) is 49.4 Å². The lowest BCUT2D eigenvalue weighted by molar-refractivity contribution is -0.140. The largest absolute Gasteiger partial charge is 0.350 e. The van der Waals surface area contributed by atoms with Gasteiger partial charge in [-0.2, -0.15) is 0 Å². The maximum Gasteiger partial charge on any atom is 0.264 e. The third-order valence-electron chi connectivity index (χ3n) is 6.07. The third kappa shape index (κ3) is 7.44. The van der Waals surface area contributed by atoms with Gasteiger partial charge in [-0.05, 0) is 71.4 Å². The maximum atomic E-state index is 13.9. The highest BCUT2D eigenvalue weighted by Crippen LogP contribution is 2.25. The number of benzene rings is 3. The number of nitrogens with one attached hydrogen (secondary N) is 1. The van der Waals surface area contributed by atoms with Gasteiger partial charge in [0, 0.05) is 12.1 Å². The molecule has 3 aromatic carbocycles. The second-order valence-corrected chi connectivity index (χ2v) is 12.4. The van der Waals surface area contributed by atoms with Crippen molar-refractivity contribution in [3.63, 3.8) is 0 Å². The number of hydrogen-bond acceptors (Lipinski definition) is 4. The van der Waals surface area contributed by atoms with Gasteiger partial charge < -0.3 is 10.2 Å². The van der Waals surface area contributed by atoms with Gasteiger partial charge in [-0.15, -0.1) is 0 Å². The van der Waals surface area contributed by atoms with Gasteiger partial charge in [0.05, 0.1) is 10.6 Å². The number of anilines is 1. The van der Waals surface area contributed by atoms with Crippen molar-refractivity contribution in [1.82, 2.24) is 10.2 Å². The molecule has 0 bridgehead atoms. The van der Waals surface area contributed by atoms with Gasteiger partial charge in [-0.1, -0.05) is 65.7 Å². The molecule has 0 saturated heterocycles. The van der Waals surface area contributed by atoms with Crippen molar-refractivity contribution in [2.75, 3.05) is 10.8 Å². The number of rotatable bonds is 9. The average molecular weight is 536 g/mol. The summed E-state index contributed by atoms with van der Waals surface area (Å²) in [5.41, 5.74) is 2.76. The summed E-state index contributed by atoms with van der Waals surface area (Å²) < 4.78 is 28.6. The summed E-state index contributed by atoms with van der Waals surface area (Å²) in [7, 11) is -4.06. The summed E-state index contributed by atoms with van der Waals surface area (Å²) >= 11 is 0. The van der Waals surface area contributed by atoms with Crippen LogP contribution in [0, 0.1) is 13.8 Å². The Labute approximate surface area is 226 Å². The molecule has 0 aliphatic carbocycles. The van der Waals surface area contributed by atoms with E-state index >= 15 is 0 Å². The van der Waals surface area contributed by atoms with Crippen molar-refractivity contribution in [2.45, 2.75) is 64.6 Å². The minimum absolute atomic E-state index is 0.0805. The first-order valence-electron chi connectivity index (χ1n) is 12.6. The first kappa shape index (κ1) is 28.9. The number of aryl methyl sites for hydroxylation is 2. The lowest BCUT2D eigenvalue weighted by atomic mass is 10.1. The van der Waals surface area contributed by atoms with Gasteiger partial charge >= 0.3 is 0 Å². The smallest absolute Gasteiger partial charge is 0.264 e. The van der Waals surface area contributed by atoms with Crippen LogP contribution in [0.2, 0.25) is 0 Å². The Morgan fingerprint density at radius 3 is 1.89 bits per heavy atom. The number of sulfonamides is 1. The molecule has 0 radical (unpaired) electrons. The Balaban J connectivity index is 2.01. The van der Waals surface area contributed by atoms with Crippen LogP contribution in [0.3, 0.4) is 0 Å². The second-order valence-electron chi connectivity index (χ2n) is 10.6. The quantitative estimate of drug-likeness (QED) is 0.425. The molecule has 0 aliphatic rings. The van der Waals surface area contributed by atoms with Crippen molar-refractivity contribution in [1.29, 1.82) is 0 Å². The zero-order chi connectivity index (χ0) is 28.1. The summed E-state index contributed by atoms with van der Waals surface area (Å²) in [6.07, 6.45) is 0. The van der Waals surface area contributed by atoms with Crippen LogP contribution >= 0.6 is 0 Å². The molecule has 1 atom stereocenters. The molecule has 7 nitrogen and oxygen atoms in total. The van der Waals surface area contributed by atoms with Crippen molar-refractivity contribution in [3.8, 4) is 0 Å². The molecule has 0 aliphatic heterocycles. The minimum Gasteiger partial charge on any atom is -0.350 e. The van der Waals surface area contributed by atoms with Gasteiger partial charge in [0.1, 0.15) is 12.6 Å². The molecule has 0 heterocycles. The summed E-state index contributed by atoms with van der Waals surface area (Å²) in [5.74, 6) is -0.798. The Kier molecular flexibility index (Phi) is 8.99. The number of nitrogens with zero attached hydrogens (tertiary/aromatic N) is 2. The van der Waals surface area contributed by atoms with Gasteiger partial charge in [-0.25, -0.2) is 8.42 Å². The Hall–Kier alpha value is -3.65. The van der Waals surface area contributed by atoms with E-state index in [1.807, 2.05) is 58.9 Å². The van der Waals surface area contributed by atoms with Crippen molar-refractivity contribution < 1.29 is 18.0 Å². The molecule has 0 spiro atoms. The Morgan fingerprint density at radius 1 is 0.842 bits per heavy atom. The molecule has 202 valence electrons. The fourth-order valence-electron chi connectivity index (χ4n) is 3.91. The van der Waals surface area contributed by atoms with E-state index in [9.17, 15) is 18.0 Å². The lowest BCUT2D eigenvalue weighted by Gasteiger charge is -2.33. The first-order valence-corrected chi connectivity index (χ1v) is 14.0. The first-order chi connectivity index (χ1) is 17.8. The molecular weight excluding hydrogens is 498 g/mol. The third-order valence-corrected chi connectivity index (χ3v) is 7.86. The average Bonchev–Trinajstić information content (AvgIpc) is 2.86. The summed E-state index contributed by atoms with van der Waals surface area (Å²) in [6.45, 7) is 10.9. The van der Waals surface area contributed by atoms with Crippen LogP contribution in [0.25, 0.3) is 0 Å². The highest BCUT2D eigenvalue weighted by atomic mass is 32.2. The molecule has 1 N–H and O–H groups in total. The van der Waals surface area contributed by atoms with Crippen LogP contribution < -0.4 is 9.62 Å². The Bertz CT molecular complexity index is 1350. The number of carbonyl (C=O) groups excluding carboxylic acids is 2. The SMILES string of the molecule is Cc1ccc(CN(C(=O)CN(c2ccc(C)cc2)S(=O)(=O)c2ccccc2)[C@H](C)C(=O)NC(C)(C)C)cc1. The van der Waals surface area contributed by atoms with Crippen molar-refractivity contribution in [3.05, 3.63) is 95.6 Å². The fourth-order valence-corrected chi connectivity index (χ4v) is 5.34. The molecule has 8 heteroatoms. The normalized spacial score (nSPS) is 12.5. The van der Waals surface area contributed by atoms with Gasteiger partial charge in [0.2, 0.25) is 11.8 Å². The molecule has 0 saturated carbocycles. The predicted octanol–water partition coefficient (Wildman–Crippen LogP) is 4.83. The standard InChI is InChI=1S/C30H37N3O4S/c1-22-12-16-25(17-13-22)20-32(24(3)29(35)31-30(4,5)6)28(34)21-33(26-18-14-23(2)15-19-26)38(36,37)27-10-8-7-9-11-27/h7-19,24H,20-21H2,1-6H3,(H,31,35)/t24-/m1/s1. The summed E-state index contributed by atoms with van der Waals surface area (Å²) in [4.78, 5) is 28.5. The number of amides is 2. The van der Waals surface area contributed by atoms with Gasteiger partial charge in [0.25, 0.3) is 10.0 Å². The zero-order valence-electron chi connectivity index (χ0n) is 22.9. The van der Waals surface area contributed by atoms with E-state index < -0.39 is 34.1 Å². The van der Waals surface area contributed by atoms with Gasteiger partial charge in [-0.3, -0.25) is 13.9 Å². The summed E-state index contributed by atoms with van der Waals surface area (Å²) in [6, 6.07) is 21.9. The molecule has 3 aromatic rings. The molecule has 3 rings (SSSR count). The summed E-state index contributed by atoms with van der Waals surface area (Å²) in [5, 5.41) is 2.93. The zero-order valence-corrected chi connectivity index (χ0v) is 23.7. The lowest BCUT2D eigenvalue weighted by Crippen LogP contribution is -2.54. The number of hydrogen-bond donors (Lipinski definition) is 1. The van der Waals surface area contributed by atoms with E-state index in [1.165, 1.54) is 17.0 Å². The van der Waals surface area contributed by atoms with Crippen LogP contribution in [-0.2, 0) is 26.2 Å². The fraction of sp³-hybridized carbons (Fsp3) is 0.333. The van der Waals surface area contributed by atoms with Crippen LogP contribution in [0.15, 0.2) is 83.8 Å². The van der Waals surface area contributed by atoms with Crippen LogP contribution in [-0.4, -0.2) is 43.3 Å². The molecule has 0 aromatic heterocycles. The topological polar surface area (TPSA) is 86.8 Å². The van der Waals surface area contributed by atoms with E-state index in [0.29, 0.717) is 5.69 Å². The molecule has 0 fully saturated rings. The highest BCUT2D eigenvalue weighted by molar-refractivity contribution is 7.92. The molecule has 0 unspecified atom stereocenters. The maximum absolute atomic E-state index is 13.9. The predicted molar refractivity (Wildman–Crippen MR) is 151 cm³/mol. The van der Waals surface area contributed by atoms with Crippen LogP contribution in [0.5, 0.6) is 0 Å². The van der Waals surface area contributed by atoms with Crippen molar-refractivity contribution >= 4 is 27.5 Å². The second kappa shape index (κ2) is 11.8. The van der Waals surface area contributed by atoms with E-state index in [-0.39, 0.29) is 17.3 Å². The van der Waals surface area contributed by atoms with Gasteiger partial charge in [0.15, 0.2) is 0 Å². The monoisotopic (exact) mass is 535 g/mol. The van der Waals surface area contributed by atoms with E-state index in [2.05, 4.69) is 5.32 Å². The number of carbonyl (C=O) groups is 2. The molecule has 38 heavy (non-hydrogen) atoms. The molecule has 2 amide bonds. The molecular formula is C30H37N3O4S. The van der Waals surface area contributed by atoms with E-state index in [4.69, 9.17) is 0 Å². The van der Waals surface area contributed by atoms with Crippen LogP contribution in [0.1, 0.15) is 44.4 Å². The Morgan fingerprint density at radius 2 is 1.37 bits per heavy atom.